The summed E-state index contributed by atoms with van der Waals surface area (Å²) in [4.78, 5) is 27.1. The summed E-state index contributed by atoms with van der Waals surface area (Å²) in [5.41, 5.74) is 1.85. The van der Waals surface area contributed by atoms with E-state index in [0.717, 1.165) is 11.1 Å². The summed E-state index contributed by atoms with van der Waals surface area (Å²) < 4.78 is 13.2. The SMILES string of the molecule is CC(C)CNC(=O)[C@H](C)N(Cc1ccc(F)cc1)C(=O)CSCc1ccc(Cl)cc1. The van der Waals surface area contributed by atoms with Crippen LogP contribution in [0.4, 0.5) is 4.39 Å². The van der Waals surface area contributed by atoms with Crippen molar-refractivity contribution in [3.63, 3.8) is 0 Å². The van der Waals surface area contributed by atoms with Gasteiger partial charge in [-0.15, -0.1) is 11.8 Å². The summed E-state index contributed by atoms with van der Waals surface area (Å²) in [7, 11) is 0. The molecule has 7 heteroatoms. The summed E-state index contributed by atoms with van der Waals surface area (Å²) in [6.45, 7) is 6.55. The first-order valence-corrected chi connectivity index (χ1v) is 11.4. The third-order valence-electron chi connectivity index (χ3n) is 4.53. The Morgan fingerprint density at radius 2 is 1.63 bits per heavy atom. The Kier molecular flexibility index (Phi) is 9.66. The molecule has 30 heavy (non-hydrogen) atoms. The Hall–Kier alpha value is -2.05. The van der Waals surface area contributed by atoms with E-state index in [2.05, 4.69) is 5.32 Å². The lowest BCUT2D eigenvalue weighted by Crippen LogP contribution is -2.48. The highest BCUT2D eigenvalue weighted by molar-refractivity contribution is 7.99. The molecule has 0 fully saturated rings. The second kappa shape index (κ2) is 12.0. The summed E-state index contributed by atoms with van der Waals surface area (Å²) in [5.74, 6) is 0.565. The number of nitrogens with zero attached hydrogens (tertiary/aromatic N) is 1. The van der Waals surface area contributed by atoms with Gasteiger partial charge in [-0.2, -0.15) is 0 Å². The zero-order chi connectivity index (χ0) is 22.1. The van der Waals surface area contributed by atoms with Gasteiger partial charge in [-0.1, -0.05) is 49.7 Å². The van der Waals surface area contributed by atoms with Crippen molar-refractivity contribution < 1.29 is 14.0 Å². The lowest BCUT2D eigenvalue weighted by molar-refractivity contribution is -0.138. The molecule has 0 heterocycles. The number of hydrogen-bond donors (Lipinski definition) is 1. The number of halogens is 2. The Morgan fingerprint density at radius 1 is 1.03 bits per heavy atom. The lowest BCUT2D eigenvalue weighted by Gasteiger charge is -2.29. The van der Waals surface area contributed by atoms with Crippen molar-refractivity contribution >= 4 is 35.2 Å². The molecule has 4 nitrogen and oxygen atoms in total. The normalized spacial score (nSPS) is 11.9. The summed E-state index contributed by atoms with van der Waals surface area (Å²) in [6, 6.07) is 12.9. The molecular weight excluding hydrogens is 423 g/mol. The van der Waals surface area contributed by atoms with E-state index >= 15 is 0 Å². The van der Waals surface area contributed by atoms with Crippen molar-refractivity contribution in [1.29, 1.82) is 0 Å². The van der Waals surface area contributed by atoms with Crippen molar-refractivity contribution in [3.8, 4) is 0 Å². The Bertz CT molecular complexity index is 828. The fraction of sp³-hybridized carbons (Fsp3) is 0.391. The van der Waals surface area contributed by atoms with Crippen LogP contribution in [0.1, 0.15) is 31.9 Å². The van der Waals surface area contributed by atoms with E-state index in [1.807, 2.05) is 38.1 Å². The van der Waals surface area contributed by atoms with Gasteiger partial charge in [0.05, 0.1) is 5.75 Å². The summed E-state index contributed by atoms with van der Waals surface area (Å²) in [5, 5.41) is 3.56. The molecule has 1 atom stereocenters. The van der Waals surface area contributed by atoms with Gasteiger partial charge in [0.15, 0.2) is 0 Å². The average molecular weight is 451 g/mol. The molecule has 0 aliphatic heterocycles. The summed E-state index contributed by atoms with van der Waals surface area (Å²) >= 11 is 7.39. The minimum Gasteiger partial charge on any atom is -0.354 e. The van der Waals surface area contributed by atoms with Crippen molar-refractivity contribution in [2.75, 3.05) is 12.3 Å². The molecule has 0 aromatic heterocycles. The molecule has 0 unspecified atom stereocenters. The number of amides is 2. The van der Waals surface area contributed by atoms with Gasteiger partial charge < -0.3 is 10.2 Å². The largest absolute Gasteiger partial charge is 0.354 e. The topological polar surface area (TPSA) is 49.4 Å². The molecule has 0 saturated carbocycles. The molecule has 0 spiro atoms. The zero-order valence-corrected chi connectivity index (χ0v) is 19.1. The van der Waals surface area contributed by atoms with Crippen LogP contribution in [-0.4, -0.2) is 35.1 Å². The monoisotopic (exact) mass is 450 g/mol. The third kappa shape index (κ3) is 8.00. The van der Waals surface area contributed by atoms with E-state index in [0.29, 0.717) is 23.2 Å². The third-order valence-corrected chi connectivity index (χ3v) is 5.77. The zero-order valence-electron chi connectivity index (χ0n) is 17.5. The van der Waals surface area contributed by atoms with E-state index in [-0.39, 0.29) is 29.9 Å². The maximum atomic E-state index is 13.2. The minimum atomic E-state index is -0.627. The van der Waals surface area contributed by atoms with E-state index in [1.54, 1.807) is 24.0 Å². The van der Waals surface area contributed by atoms with Crippen LogP contribution < -0.4 is 5.32 Å². The first kappa shape index (κ1) is 24.2. The molecule has 2 amide bonds. The average Bonchev–Trinajstić information content (AvgIpc) is 2.72. The van der Waals surface area contributed by atoms with Crippen LogP contribution in [0.15, 0.2) is 48.5 Å². The van der Waals surface area contributed by atoms with Gasteiger partial charge in [0, 0.05) is 23.9 Å². The fourth-order valence-electron chi connectivity index (χ4n) is 2.74. The maximum absolute atomic E-state index is 13.2. The first-order chi connectivity index (χ1) is 14.3. The van der Waals surface area contributed by atoms with Crippen molar-refractivity contribution in [1.82, 2.24) is 10.2 Å². The van der Waals surface area contributed by atoms with Gasteiger partial charge in [0.25, 0.3) is 0 Å². The van der Waals surface area contributed by atoms with Crippen LogP contribution in [0.5, 0.6) is 0 Å². The van der Waals surface area contributed by atoms with Crippen LogP contribution >= 0.6 is 23.4 Å². The number of benzene rings is 2. The van der Waals surface area contributed by atoms with Crippen LogP contribution in [0, 0.1) is 11.7 Å². The predicted octanol–water partition coefficient (Wildman–Crippen LogP) is 4.90. The number of thioether (sulfide) groups is 1. The molecule has 2 rings (SSSR count). The number of hydrogen-bond acceptors (Lipinski definition) is 3. The number of carbonyl (C=O) groups excluding carboxylic acids is 2. The highest BCUT2D eigenvalue weighted by atomic mass is 35.5. The molecule has 0 aliphatic rings. The van der Waals surface area contributed by atoms with Crippen molar-refractivity contribution in [2.24, 2.45) is 5.92 Å². The highest BCUT2D eigenvalue weighted by Gasteiger charge is 2.26. The standard InChI is InChI=1S/C23H28ClFN2O2S/c1-16(2)12-26-23(29)17(3)27(13-18-6-10-21(25)11-7-18)22(28)15-30-14-19-4-8-20(24)9-5-19/h4-11,16-17H,12-15H2,1-3H3,(H,26,29)/t17-/m0/s1. The second-order valence-electron chi connectivity index (χ2n) is 7.58. The van der Waals surface area contributed by atoms with Crippen LogP contribution in [-0.2, 0) is 21.9 Å². The molecule has 0 radical (unpaired) electrons. The Balaban J connectivity index is 2.04. The number of nitrogens with one attached hydrogen (secondary N) is 1. The van der Waals surface area contributed by atoms with Gasteiger partial charge in [-0.25, -0.2) is 4.39 Å². The van der Waals surface area contributed by atoms with Gasteiger partial charge >= 0.3 is 0 Å². The van der Waals surface area contributed by atoms with Crippen LogP contribution in [0.2, 0.25) is 5.02 Å². The number of carbonyl (C=O) groups is 2. The van der Waals surface area contributed by atoms with Crippen LogP contribution in [0.3, 0.4) is 0 Å². The molecular formula is C23H28ClFN2O2S. The van der Waals surface area contributed by atoms with Crippen molar-refractivity contribution in [3.05, 3.63) is 70.5 Å². The molecule has 0 saturated heterocycles. The molecule has 2 aromatic rings. The highest BCUT2D eigenvalue weighted by Crippen LogP contribution is 2.18. The van der Waals surface area contributed by atoms with E-state index in [1.165, 1.54) is 23.9 Å². The minimum absolute atomic E-state index is 0.134. The second-order valence-corrected chi connectivity index (χ2v) is 9.00. The molecule has 2 aromatic carbocycles. The van der Waals surface area contributed by atoms with E-state index in [4.69, 9.17) is 11.6 Å². The van der Waals surface area contributed by atoms with Crippen LogP contribution in [0.25, 0.3) is 0 Å². The molecule has 0 aliphatic carbocycles. The quantitative estimate of drug-likeness (QED) is 0.560. The number of rotatable bonds is 10. The lowest BCUT2D eigenvalue weighted by atomic mass is 10.1. The molecule has 1 N–H and O–H groups in total. The van der Waals surface area contributed by atoms with Crippen molar-refractivity contribution in [2.45, 2.75) is 39.1 Å². The van der Waals surface area contributed by atoms with Gasteiger partial charge in [0.1, 0.15) is 11.9 Å². The smallest absolute Gasteiger partial charge is 0.242 e. The Labute approximate surface area is 187 Å². The summed E-state index contributed by atoms with van der Waals surface area (Å²) in [6.07, 6.45) is 0. The van der Waals surface area contributed by atoms with Gasteiger partial charge in [-0.3, -0.25) is 9.59 Å². The van der Waals surface area contributed by atoms with E-state index < -0.39 is 6.04 Å². The Morgan fingerprint density at radius 3 is 2.23 bits per heavy atom. The fourth-order valence-corrected chi connectivity index (χ4v) is 3.74. The molecule has 0 bridgehead atoms. The first-order valence-electron chi connectivity index (χ1n) is 9.90. The molecule has 162 valence electrons. The predicted molar refractivity (Wildman–Crippen MR) is 122 cm³/mol. The van der Waals surface area contributed by atoms with Gasteiger partial charge in [-0.05, 0) is 48.2 Å². The van der Waals surface area contributed by atoms with E-state index in [9.17, 15) is 14.0 Å². The maximum Gasteiger partial charge on any atom is 0.242 e. The van der Waals surface area contributed by atoms with Gasteiger partial charge in [0.2, 0.25) is 11.8 Å².